The van der Waals surface area contributed by atoms with Crippen molar-refractivity contribution in [3.63, 3.8) is 0 Å². The molecular formula is C25H17ClN2O7S. The quantitative estimate of drug-likeness (QED) is 0.265. The normalized spacial score (nSPS) is 15.1. The van der Waals surface area contributed by atoms with Crippen molar-refractivity contribution < 1.29 is 33.8 Å². The molecule has 0 radical (unpaired) electrons. The number of Topliss-reactive ketones (excluding diaryl/α,β-unsaturated/α-hetero) is 1. The lowest BCUT2D eigenvalue weighted by Gasteiger charge is -2.15. The number of benzene rings is 2. The van der Waals surface area contributed by atoms with Crippen molar-refractivity contribution in [2.45, 2.75) is 16.7 Å². The largest absolute Gasteiger partial charge is 0.478 e. The number of imide groups is 1. The molecular weight excluding hydrogens is 508 g/mol. The third-order valence-corrected chi connectivity index (χ3v) is 6.76. The van der Waals surface area contributed by atoms with E-state index in [0.29, 0.717) is 0 Å². The summed E-state index contributed by atoms with van der Waals surface area (Å²) in [5.41, 5.74) is 0.547. The van der Waals surface area contributed by atoms with Crippen molar-refractivity contribution in [2.24, 2.45) is 0 Å². The molecule has 0 aliphatic carbocycles. The van der Waals surface area contributed by atoms with Gasteiger partial charge < -0.3 is 9.84 Å². The number of hydrogen-bond acceptors (Lipinski definition) is 8. The number of esters is 1. The highest BCUT2D eigenvalue weighted by molar-refractivity contribution is 8.00. The van der Waals surface area contributed by atoms with E-state index >= 15 is 0 Å². The smallest absolute Gasteiger partial charge is 0.338 e. The van der Waals surface area contributed by atoms with Crippen molar-refractivity contribution in [3.05, 3.63) is 88.6 Å². The molecule has 1 N–H and O–H groups in total. The van der Waals surface area contributed by atoms with Crippen LogP contribution in [-0.2, 0) is 14.3 Å². The van der Waals surface area contributed by atoms with Crippen LogP contribution in [-0.4, -0.2) is 51.5 Å². The fourth-order valence-corrected chi connectivity index (χ4v) is 4.82. The summed E-state index contributed by atoms with van der Waals surface area (Å²) in [5, 5.41) is 8.87. The molecule has 0 saturated carbocycles. The van der Waals surface area contributed by atoms with E-state index in [4.69, 9.17) is 16.3 Å². The SMILES string of the molecule is O=C(OCC(=O)c1ccccc1Cl)c1ccc(N2C(=O)CC(Sc3ncccc3C(=O)O)C2=O)cc1. The van der Waals surface area contributed by atoms with Crippen LogP contribution in [0.15, 0.2) is 71.9 Å². The average molecular weight is 525 g/mol. The van der Waals surface area contributed by atoms with Gasteiger partial charge in [-0.1, -0.05) is 35.5 Å². The van der Waals surface area contributed by atoms with Crippen molar-refractivity contribution in [2.75, 3.05) is 11.5 Å². The molecule has 1 aromatic heterocycles. The number of aromatic carboxylic acids is 1. The van der Waals surface area contributed by atoms with E-state index in [1.54, 1.807) is 18.2 Å². The van der Waals surface area contributed by atoms with Gasteiger partial charge in [-0.15, -0.1) is 0 Å². The minimum atomic E-state index is -1.18. The number of pyridine rings is 1. The predicted octanol–water partition coefficient (Wildman–Crippen LogP) is 3.90. The van der Waals surface area contributed by atoms with Gasteiger partial charge in [0.15, 0.2) is 6.61 Å². The van der Waals surface area contributed by atoms with Gasteiger partial charge in [-0.25, -0.2) is 19.5 Å². The van der Waals surface area contributed by atoms with Gasteiger partial charge in [0, 0.05) is 18.2 Å². The zero-order chi connectivity index (χ0) is 25.8. The fourth-order valence-electron chi connectivity index (χ4n) is 3.48. The first-order chi connectivity index (χ1) is 17.3. The molecule has 2 amide bonds. The van der Waals surface area contributed by atoms with Gasteiger partial charge in [-0.05, 0) is 48.5 Å². The highest BCUT2D eigenvalue weighted by Crippen LogP contribution is 2.34. The molecule has 1 fully saturated rings. The van der Waals surface area contributed by atoms with Crippen LogP contribution in [0.4, 0.5) is 5.69 Å². The third kappa shape index (κ3) is 5.29. The molecule has 0 bridgehead atoms. The molecule has 11 heteroatoms. The average Bonchev–Trinajstić information content (AvgIpc) is 3.15. The van der Waals surface area contributed by atoms with E-state index in [-0.39, 0.29) is 38.8 Å². The molecule has 3 aromatic rings. The first-order valence-corrected chi connectivity index (χ1v) is 11.8. The number of nitrogens with zero attached hydrogens (tertiary/aromatic N) is 2. The van der Waals surface area contributed by atoms with Crippen molar-refractivity contribution in [1.29, 1.82) is 0 Å². The van der Waals surface area contributed by atoms with Crippen LogP contribution >= 0.6 is 23.4 Å². The Labute approximate surface area is 214 Å². The van der Waals surface area contributed by atoms with E-state index in [2.05, 4.69) is 4.98 Å². The van der Waals surface area contributed by atoms with Crippen molar-refractivity contribution >= 4 is 58.6 Å². The van der Waals surface area contributed by atoms with E-state index in [1.165, 1.54) is 48.7 Å². The topological polar surface area (TPSA) is 131 Å². The highest BCUT2D eigenvalue weighted by atomic mass is 35.5. The van der Waals surface area contributed by atoms with Crippen LogP contribution in [0.1, 0.15) is 37.5 Å². The lowest BCUT2D eigenvalue weighted by Crippen LogP contribution is -2.31. The first-order valence-electron chi connectivity index (χ1n) is 10.5. The maximum atomic E-state index is 12.9. The maximum Gasteiger partial charge on any atom is 0.338 e. The molecule has 36 heavy (non-hydrogen) atoms. The Bertz CT molecular complexity index is 1380. The van der Waals surface area contributed by atoms with Crippen LogP contribution in [0.25, 0.3) is 0 Å². The number of carboxylic acid groups (broad SMARTS) is 1. The number of ketones is 1. The van der Waals surface area contributed by atoms with E-state index in [0.717, 1.165) is 16.7 Å². The van der Waals surface area contributed by atoms with E-state index in [1.807, 2.05) is 0 Å². The summed E-state index contributed by atoms with van der Waals surface area (Å²) >= 11 is 6.89. The first kappa shape index (κ1) is 25.1. The van der Waals surface area contributed by atoms with Crippen LogP contribution in [0.5, 0.6) is 0 Å². The zero-order valence-electron chi connectivity index (χ0n) is 18.4. The van der Waals surface area contributed by atoms with Gasteiger partial charge >= 0.3 is 11.9 Å². The Balaban J connectivity index is 1.41. The van der Waals surface area contributed by atoms with E-state index < -0.39 is 41.4 Å². The Morgan fingerprint density at radius 1 is 1.03 bits per heavy atom. The van der Waals surface area contributed by atoms with Crippen LogP contribution in [0, 0.1) is 0 Å². The van der Waals surface area contributed by atoms with Crippen LogP contribution < -0.4 is 4.90 Å². The number of halogens is 1. The number of ether oxygens (including phenoxy) is 1. The summed E-state index contributed by atoms with van der Waals surface area (Å²) in [6.45, 7) is -0.502. The van der Waals surface area contributed by atoms with Gasteiger partial charge in [0.05, 0.1) is 27.1 Å². The van der Waals surface area contributed by atoms with Crippen LogP contribution in [0.3, 0.4) is 0 Å². The number of anilines is 1. The molecule has 9 nitrogen and oxygen atoms in total. The Morgan fingerprint density at radius 2 is 1.72 bits per heavy atom. The molecule has 1 aliphatic rings. The molecule has 1 atom stereocenters. The van der Waals surface area contributed by atoms with Crippen LogP contribution in [0.2, 0.25) is 5.02 Å². The second kappa shape index (κ2) is 10.7. The number of carbonyl (C=O) groups is 5. The number of thioether (sulfide) groups is 1. The molecule has 4 rings (SSSR count). The lowest BCUT2D eigenvalue weighted by molar-refractivity contribution is -0.121. The van der Waals surface area contributed by atoms with Crippen molar-refractivity contribution in [3.8, 4) is 0 Å². The fraction of sp³-hybridized carbons (Fsp3) is 0.120. The summed E-state index contributed by atoms with van der Waals surface area (Å²) in [4.78, 5) is 66.5. The number of carbonyl (C=O) groups excluding carboxylic acids is 4. The number of carboxylic acids is 1. The number of aromatic nitrogens is 1. The Morgan fingerprint density at radius 3 is 2.42 bits per heavy atom. The zero-order valence-corrected chi connectivity index (χ0v) is 20.0. The minimum absolute atomic E-state index is 0.0583. The molecule has 2 aromatic carbocycles. The number of amides is 2. The van der Waals surface area contributed by atoms with Gasteiger partial charge in [0.25, 0.3) is 0 Å². The second-order valence-corrected chi connectivity index (χ2v) is 9.16. The van der Waals surface area contributed by atoms with E-state index in [9.17, 15) is 29.1 Å². The molecule has 182 valence electrons. The predicted molar refractivity (Wildman–Crippen MR) is 130 cm³/mol. The summed E-state index contributed by atoms with van der Waals surface area (Å²) in [7, 11) is 0. The number of rotatable bonds is 8. The molecule has 1 unspecified atom stereocenters. The third-order valence-electron chi connectivity index (χ3n) is 5.23. The van der Waals surface area contributed by atoms with Gasteiger partial charge in [-0.3, -0.25) is 14.4 Å². The van der Waals surface area contributed by atoms with Gasteiger partial charge in [-0.2, -0.15) is 0 Å². The van der Waals surface area contributed by atoms with Gasteiger partial charge in [0.2, 0.25) is 17.6 Å². The Hall–Kier alpha value is -4.02. The summed E-state index contributed by atoms with van der Waals surface area (Å²) < 4.78 is 5.07. The lowest BCUT2D eigenvalue weighted by atomic mass is 10.1. The Kier molecular flexibility index (Phi) is 7.47. The monoisotopic (exact) mass is 524 g/mol. The number of hydrogen-bond donors (Lipinski definition) is 1. The summed E-state index contributed by atoms with van der Waals surface area (Å²) in [6, 6.07) is 14.8. The van der Waals surface area contributed by atoms with Gasteiger partial charge in [0.1, 0.15) is 5.03 Å². The molecule has 1 aliphatic heterocycles. The minimum Gasteiger partial charge on any atom is -0.478 e. The second-order valence-electron chi connectivity index (χ2n) is 7.57. The standard InChI is InChI=1S/C25H17ClN2O7S/c26-18-6-2-1-4-16(18)19(29)13-35-25(34)14-7-9-15(10-8-14)28-21(30)12-20(23(28)31)36-22-17(24(32)33)5-3-11-27-22/h1-11,20H,12-13H2,(H,32,33). The molecule has 0 spiro atoms. The van der Waals surface area contributed by atoms with Crippen molar-refractivity contribution in [1.82, 2.24) is 4.98 Å². The molecule has 1 saturated heterocycles. The highest BCUT2D eigenvalue weighted by Gasteiger charge is 2.41. The molecule has 2 heterocycles. The summed E-state index contributed by atoms with van der Waals surface area (Å²) in [5.74, 6) is -3.39. The summed E-state index contributed by atoms with van der Waals surface area (Å²) in [6.07, 6.45) is 1.28. The maximum absolute atomic E-state index is 12.9.